The van der Waals surface area contributed by atoms with E-state index in [1.54, 1.807) is 4.68 Å². The van der Waals surface area contributed by atoms with Gasteiger partial charge in [0.05, 0.1) is 21.8 Å². The van der Waals surface area contributed by atoms with Gasteiger partial charge in [0, 0.05) is 24.8 Å². The summed E-state index contributed by atoms with van der Waals surface area (Å²) in [6, 6.07) is 9.97. The van der Waals surface area contributed by atoms with Crippen molar-refractivity contribution in [1.29, 1.82) is 0 Å². The van der Waals surface area contributed by atoms with Gasteiger partial charge in [-0.05, 0) is 38.5 Å². The Morgan fingerprint density at radius 3 is 2.67 bits per heavy atom. The van der Waals surface area contributed by atoms with Crippen molar-refractivity contribution in [1.82, 2.24) is 24.7 Å². The van der Waals surface area contributed by atoms with E-state index in [4.69, 9.17) is 0 Å². The highest BCUT2D eigenvalue weighted by Crippen LogP contribution is 2.30. The second kappa shape index (κ2) is 7.17. The Bertz CT molecular complexity index is 1260. The van der Waals surface area contributed by atoms with E-state index in [9.17, 15) is 4.79 Å². The number of carbonyl (C=O) groups is 1. The average molecular weight is 420 g/mol. The molecule has 1 aromatic carbocycles. The molecule has 0 aliphatic carbocycles. The summed E-state index contributed by atoms with van der Waals surface area (Å²) in [6.07, 6.45) is 1.54. The Morgan fingerprint density at radius 2 is 1.93 bits per heavy atom. The Balaban J connectivity index is 1.25. The van der Waals surface area contributed by atoms with Gasteiger partial charge < -0.3 is 10.2 Å². The van der Waals surface area contributed by atoms with Crippen LogP contribution in [-0.4, -0.2) is 43.7 Å². The Hall–Kier alpha value is -3.33. The molecule has 0 radical (unpaired) electrons. The molecule has 152 valence electrons. The molecule has 8 nitrogen and oxygen atoms in total. The topological polar surface area (TPSA) is 88.8 Å². The minimum Gasteiger partial charge on any atom is -0.355 e. The van der Waals surface area contributed by atoms with Crippen molar-refractivity contribution in [3.8, 4) is 5.82 Å². The predicted molar refractivity (Wildman–Crippen MR) is 117 cm³/mol. The number of rotatable bonds is 4. The molecule has 9 heteroatoms. The smallest absolute Gasteiger partial charge is 0.232 e. The first kappa shape index (κ1) is 18.7. The summed E-state index contributed by atoms with van der Waals surface area (Å²) in [4.78, 5) is 28.0. The predicted octanol–water partition coefficient (Wildman–Crippen LogP) is 3.27. The van der Waals surface area contributed by atoms with Crippen LogP contribution in [0.4, 0.5) is 10.9 Å². The Labute approximate surface area is 177 Å². The summed E-state index contributed by atoms with van der Waals surface area (Å²) in [7, 11) is 0. The summed E-state index contributed by atoms with van der Waals surface area (Å²) in [5.41, 5.74) is 4.02. The van der Waals surface area contributed by atoms with Gasteiger partial charge in [-0.1, -0.05) is 23.5 Å². The van der Waals surface area contributed by atoms with Crippen LogP contribution in [0.25, 0.3) is 16.0 Å². The zero-order valence-electron chi connectivity index (χ0n) is 17.0. The van der Waals surface area contributed by atoms with Crippen LogP contribution in [0.15, 0.2) is 36.7 Å². The summed E-state index contributed by atoms with van der Waals surface area (Å²) in [5, 5.41) is 8.10. The van der Waals surface area contributed by atoms with E-state index in [0.717, 1.165) is 38.8 Å². The zero-order chi connectivity index (χ0) is 20.8. The number of fused-ring (bicyclic) bond motifs is 1. The van der Waals surface area contributed by atoms with E-state index >= 15 is 0 Å². The first-order valence-electron chi connectivity index (χ1n) is 9.75. The van der Waals surface area contributed by atoms with Crippen molar-refractivity contribution in [2.45, 2.75) is 20.8 Å². The van der Waals surface area contributed by atoms with Crippen molar-refractivity contribution < 1.29 is 4.79 Å². The minimum atomic E-state index is -0.0924. The normalized spacial score (nSPS) is 14.2. The molecule has 0 bridgehead atoms. The molecule has 1 amide bonds. The summed E-state index contributed by atoms with van der Waals surface area (Å²) < 4.78 is 2.89. The van der Waals surface area contributed by atoms with Crippen LogP contribution in [0.1, 0.15) is 17.0 Å². The summed E-state index contributed by atoms with van der Waals surface area (Å²) in [5.74, 6) is 1.43. The fourth-order valence-electron chi connectivity index (χ4n) is 3.67. The monoisotopic (exact) mass is 419 g/mol. The van der Waals surface area contributed by atoms with Crippen LogP contribution < -0.4 is 10.2 Å². The van der Waals surface area contributed by atoms with Crippen molar-refractivity contribution in [2.24, 2.45) is 5.92 Å². The molecule has 4 heterocycles. The van der Waals surface area contributed by atoms with Gasteiger partial charge in [0.2, 0.25) is 5.91 Å². The molecule has 30 heavy (non-hydrogen) atoms. The molecule has 1 aliphatic rings. The van der Waals surface area contributed by atoms with Crippen LogP contribution in [0.3, 0.4) is 0 Å². The number of thiazole rings is 1. The lowest BCUT2D eigenvalue weighted by atomic mass is 9.99. The fraction of sp³-hybridized carbons (Fsp3) is 0.286. The Morgan fingerprint density at radius 1 is 1.13 bits per heavy atom. The lowest BCUT2D eigenvalue weighted by Crippen LogP contribution is -2.52. The third-order valence-electron chi connectivity index (χ3n) is 5.29. The van der Waals surface area contributed by atoms with Crippen molar-refractivity contribution in [2.75, 3.05) is 23.3 Å². The molecular formula is C21H21N7OS. The first-order chi connectivity index (χ1) is 14.5. The number of hydrogen-bond donors (Lipinski definition) is 1. The van der Waals surface area contributed by atoms with E-state index in [0.29, 0.717) is 18.2 Å². The van der Waals surface area contributed by atoms with E-state index in [1.807, 2.05) is 51.1 Å². The molecule has 0 spiro atoms. The SMILES string of the molecule is Cc1cc(C)n(-c2cc(N3CC(C(=O)Nc4nc5c(C)cccc5s4)C3)ncn2)n1. The number of aryl methyl sites for hydroxylation is 3. The van der Waals surface area contributed by atoms with Crippen LogP contribution in [0, 0.1) is 26.7 Å². The van der Waals surface area contributed by atoms with Gasteiger partial charge >= 0.3 is 0 Å². The molecular weight excluding hydrogens is 398 g/mol. The van der Waals surface area contributed by atoms with Gasteiger partial charge in [-0.15, -0.1) is 0 Å². The number of anilines is 2. The quantitative estimate of drug-likeness (QED) is 0.546. The number of hydrogen-bond acceptors (Lipinski definition) is 7. The molecule has 1 saturated heterocycles. The minimum absolute atomic E-state index is 0.00390. The maximum atomic E-state index is 12.7. The number of benzene rings is 1. The number of para-hydroxylation sites is 1. The molecule has 0 unspecified atom stereocenters. The third-order valence-corrected chi connectivity index (χ3v) is 6.23. The first-order valence-corrected chi connectivity index (χ1v) is 10.6. The van der Waals surface area contributed by atoms with Crippen LogP contribution in [0.5, 0.6) is 0 Å². The Kier molecular flexibility index (Phi) is 4.47. The maximum absolute atomic E-state index is 12.7. The van der Waals surface area contributed by atoms with Gasteiger partial charge in [-0.2, -0.15) is 5.10 Å². The van der Waals surface area contributed by atoms with Crippen LogP contribution in [-0.2, 0) is 4.79 Å². The van der Waals surface area contributed by atoms with Crippen molar-refractivity contribution >= 4 is 38.4 Å². The lowest BCUT2D eigenvalue weighted by molar-refractivity contribution is -0.120. The molecule has 5 rings (SSSR count). The van der Waals surface area contributed by atoms with Crippen molar-refractivity contribution in [3.05, 3.63) is 53.6 Å². The number of nitrogens with one attached hydrogen (secondary N) is 1. The zero-order valence-corrected chi connectivity index (χ0v) is 17.8. The molecule has 0 atom stereocenters. The highest BCUT2D eigenvalue weighted by molar-refractivity contribution is 7.22. The maximum Gasteiger partial charge on any atom is 0.232 e. The van der Waals surface area contributed by atoms with Gasteiger partial charge in [0.15, 0.2) is 10.9 Å². The van der Waals surface area contributed by atoms with E-state index in [-0.39, 0.29) is 11.8 Å². The second-order valence-corrected chi connectivity index (χ2v) is 8.64. The summed E-state index contributed by atoms with van der Waals surface area (Å²) in [6.45, 7) is 7.21. The highest BCUT2D eigenvalue weighted by atomic mass is 32.1. The van der Waals surface area contributed by atoms with Gasteiger partial charge in [-0.25, -0.2) is 19.6 Å². The molecule has 1 fully saturated rings. The molecule has 4 aromatic rings. The number of carbonyl (C=O) groups excluding carboxylic acids is 1. The third kappa shape index (κ3) is 3.30. The van der Waals surface area contributed by atoms with Crippen LogP contribution in [0.2, 0.25) is 0 Å². The fourth-order valence-corrected chi connectivity index (χ4v) is 4.61. The van der Waals surface area contributed by atoms with Gasteiger partial charge in [0.1, 0.15) is 12.1 Å². The van der Waals surface area contributed by atoms with Crippen molar-refractivity contribution in [3.63, 3.8) is 0 Å². The molecule has 3 aromatic heterocycles. The lowest BCUT2D eigenvalue weighted by Gasteiger charge is -2.38. The van der Waals surface area contributed by atoms with Gasteiger partial charge in [-0.3, -0.25) is 4.79 Å². The summed E-state index contributed by atoms with van der Waals surface area (Å²) >= 11 is 1.50. The standard InChI is InChI=1S/C21H21N7OS/c1-12-5-4-6-16-19(12)24-21(30-16)25-20(29)15-9-27(10-15)17-8-18(23-11-22-17)28-14(3)7-13(2)26-28/h4-8,11,15H,9-10H2,1-3H3,(H,24,25,29). The van der Waals surface area contributed by atoms with E-state index in [1.165, 1.54) is 17.7 Å². The molecule has 0 saturated carbocycles. The largest absolute Gasteiger partial charge is 0.355 e. The van der Waals surface area contributed by atoms with E-state index < -0.39 is 0 Å². The number of aromatic nitrogens is 5. The molecule has 1 N–H and O–H groups in total. The second-order valence-electron chi connectivity index (χ2n) is 7.61. The highest BCUT2D eigenvalue weighted by Gasteiger charge is 2.34. The van der Waals surface area contributed by atoms with E-state index in [2.05, 4.69) is 30.3 Å². The van der Waals surface area contributed by atoms with Gasteiger partial charge in [0.25, 0.3) is 0 Å². The molecule has 1 aliphatic heterocycles. The average Bonchev–Trinajstić information content (AvgIpc) is 3.23. The van der Waals surface area contributed by atoms with Crippen LogP contribution >= 0.6 is 11.3 Å². The number of nitrogens with zero attached hydrogens (tertiary/aromatic N) is 6. The number of amides is 1.